The number of carbonyl (C=O) groups excluding carboxylic acids is 2. The van der Waals surface area contributed by atoms with E-state index in [0.29, 0.717) is 31.4 Å². The van der Waals surface area contributed by atoms with Crippen molar-refractivity contribution in [1.29, 1.82) is 0 Å². The molecule has 4 nitrogen and oxygen atoms in total. The molecule has 0 radical (unpaired) electrons. The van der Waals surface area contributed by atoms with Crippen molar-refractivity contribution >= 4 is 11.9 Å². The second-order valence-corrected chi connectivity index (χ2v) is 7.96. The predicted octanol–water partition coefficient (Wildman–Crippen LogP) is 4.82. The summed E-state index contributed by atoms with van der Waals surface area (Å²) in [6.45, 7) is 4.39. The SMILES string of the molecule is CC(C)COC(=O)C1(Cc2ccccc2)CCCC1OC(=O)c1ccccc1. The van der Waals surface area contributed by atoms with Gasteiger partial charge in [-0.15, -0.1) is 0 Å². The summed E-state index contributed by atoms with van der Waals surface area (Å²) in [5, 5.41) is 0. The Kier molecular flexibility index (Phi) is 6.50. The van der Waals surface area contributed by atoms with E-state index >= 15 is 0 Å². The zero-order valence-corrected chi connectivity index (χ0v) is 16.6. The highest BCUT2D eigenvalue weighted by Crippen LogP contribution is 2.44. The van der Waals surface area contributed by atoms with Crippen molar-refractivity contribution in [2.45, 2.75) is 45.6 Å². The zero-order valence-electron chi connectivity index (χ0n) is 16.6. The number of esters is 2. The van der Waals surface area contributed by atoms with Crippen LogP contribution in [0.5, 0.6) is 0 Å². The molecule has 3 rings (SSSR count). The van der Waals surface area contributed by atoms with Gasteiger partial charge in [-0.2, -0.15) is 0 Å². The second kappa shape index (κ2) is 9.05. The Balaban J connectivity index is 1.85. The van der Waals surface area contributed by atoms with Crippen LogP contribution >= 0.6 is 0 Å². The van der Waals surface area contributed by atoms with Crippen LogP contribution in [0.4, 0.5) is 0 Å². The van der Waals surface area contributed by atoms with E-state index in [1.165, 1.54) is 0 Å². The summed E-state index contributed by atoms with van der Waals surface area (Å²) in [5.41, 5.74) is 0.714. The third kappa shape index (κ3) is 4.61. The van der Waals surface area contributed by atoms with Crippen LogP contribution in [0.1, 0.15) is 49.0 Å². The van der Waals surface area contributed by atoms with Crippen LogP contribution in [0.25, 0.3) is 0 Å². The van der Waals surface area contributed by atoms with E-state index in [1.54, 1.807) is 24.3 Å². The average molecular weight is 380 g/mol. The highest BCUT2D eigenvalue weighted by molar-refractivity contribution is 5.90. The molecule has 1 aliphatic carbocycles. The van der Waals surface area contributed by atoms with Crippen LogP contribution in [0, 0.1) is 11.3 Å². The molecule has 2 unspecified atom stereocenters. The van der Waals surface area contributed by atoms with Crippen LogP contribution in [0.15, 0.2) is 60.7 Å². The summed E-state index contributed by atoms with van der Waals surface area (Å²) in [4.78, 5) is 25.8. The van der Waals surface area contributed by atoms with E-state index < -0.39 is 11.5 Å². The van der Waals surface area contributed by atoms with Gasteiger partial charge in [-0.05, 0) is 49.3 Å². The number of carbonyl (C=O) groups is 2. The molecule has 1 saturated carbocycles. The van der Waals surface area contributed by atoms with Crippen molar-refractivity contribution in [3.05, 3.63) is 71.8 Å². The first-order valence-electron chi connectivity index (χ1n) is 9.98. The fourth-order valence-corrected chi connectivity index (χ4v) is 3.84. The smallest absolute Gasteiger partial charge is 0.338 e. The molecule has 28 heavy (non-hydrogen) atoms. The minimum absolute atomic E-state index is 0.254. The van der Waals surface area contributed by atoms with Gasteiger partial charge < -0.3 is 9.47 Å². The van der Waals surface area contributed by atoms with E-state index in [-0.39, 0.29) is 17.9 Å². The second-order valence-electron chi connectivity index (χ2n) is 7.96. The first-order valence-corrected chi connectivity index (χ1v) is 9.98. The molecule has 0 heterocycles. The molecule has 0 aromatic heterocycles. The van der Waals surface area contributed by atoms with Gasteiger partial charge in [0.05, 0.1) is 12.2 Å². The Morgan fingerprint density at radius 1 is 1.04 bits per heavy atom. The average Bonchev–Trinajstić information content (AvgIpc) is 3.10. The highest BCUT2D eigenvalue weighted by atomic mass is 16.6. The summed E-state index contributed by atoms with van der Waals surface area (Å²) < 4.78 is 11.5. The first kappa shape index (κ1) is 20.1. The summed E-state index contributed by atoms with van der Waals surface area (Å²) in [7, 11) is 0. The third-order valence-corrected chi connectivity index (χ3v) is 5.28. The largest absolute Gasteiger partial charge is 0.465 e. The quantitative estimate of drug-likeness (QED) is 0.646. The molecule has 0 bridgehead atoms. The molecule has 0 aliphatic heterocycles. The molecule has 0 N–H and O–H groups in total. The van der Waals surface area contributed by atoms with Gasteiger partial charge in [-0.3, -0.25) is 4.79 Å². The van der Waals surface area contributed by atoms with Crippen molar-refractivity contribution < 1.29 is 19.1 Å². The third-order valence-electron chi connectivity index (χ3n) is 5.28. The van der Waals surface area contributed by atoms with Crippen molar-refractivity contribution in [3.8, 4) is 0 Å². The van der Waals surface area contributed by atoms with Crippen molar-refractivity contribution in [2.75, 3.05) is 6.61 Å². The van der Waals surface area contributed by atoms with Gasteiger partial charge in [0.25, 0.3) is 0 Å². The molecule has 0 amide bonds. The molecule has 2 atom stereocenters. The van der Waals surface area contributed by atoms with Crippen molar-refractivity contribution in [2.24, 2.45) is 11.3 Å². The molecule has 0 spiro atoms. The lowest BCUT2D eigenvalue weighted by atomic mass is 9.78. The lowest BCUT2D eigenvalue weighted by molar-refractivity contribution is -0.162. The van der Waals surface area contributed by atoms with E-state index in [9.17, 15) is 9.59 Å². The van der Waals surface area contributed by atoms with Crippen molar-refractivity contribution in [1.82, 2.24) is 0 Å². The zero-order chi connectivity index (χ0) is 20.0. The van der Waals surface area contributed by atoms with Crippen LogP contribution in [0.2, 0.25) is 0 Å². The van der Waals surface area contributed by atoms with Gasteiger partial charge in [0, 0.05) is 0 Å². The molecular weight excluding hydrogens is 352 g/mol. The summed E-state index contributed by atoms with van der Waals surface area (Å²) in [6, 6.07) is 18.8. The highest BCUT2D eigenvalue weighted by Gasteiger charge is 2.52. The Morgan fingerprint density at radius 3 is 2.32 bits per heavy atom. The number of rotatable bonds is 7. The normalized spacial score (nSPS) is 21.5. The van der Waals surface area contributed by atoms with Gasteiger partial charge in [-0.1, -0.05) is 62.4 Å². The van der Waals surface area contributed by atoms with Crippen LogP contribution in [-0.2, 0) is 20.7 Å². The van der Waals surface area contributed by atoms with Gasteiger partial charge in [-0.25, -0.2) is 4.79 Å². The number of benzene rings is 2. The van der Waals surface area contributed by atoms with Crippen LogP contribution in [0.3, 0.4) is 0 Å². The fourth-order valence-electron chi connectivity index (χ4n) is 3.84. The maximum Gasteiger partial charge on any atom is 0.338 e. The van der Waals surface area contributed by atoms with E-state index in [2.05, 4.69) is 0 Å². The van der Waals surface area contributed by atoms with E-state index in [0.717, 1.165) is 12.0 Å². The fraction of sp³-hybridized carbons (Fsp3) is 0.417. The Bertz CT molecular complexity index is 785. The number of hydrogen-bond acceptors (Lipinski definition) is 4. The number of hydrogen-bond donors (Lipinski definition) is 0. The molecule has 1 aliphatic rings. The molecular formula is C24H28O4. The molecule has 4 heteroatoms. The molecule has 2 aromatic rings. The lowest BCUT2D eigenvalue weighted by Crippen LogP contribution is -2.44. The summed E-state index contributed by atoms with van der Waals surface area (Å²) in [5.74, 6) is -0.389. The van der Waals surface area contributed by atoms with E-state index in [4.69, 9.17) is 9.47 Å². The summed E-state index contributed by atoms with van der Waals surface area (Å²) >= 11 is 0. The minimum atomic E-state index is -0.833. The molecule has 148 valence electrons. The van der Waals surface area contributed by atoms with Gasteiger partial charge in [0.1, 0.15) is 11.5 Å². The van der Waals surface area contributed by atoms with Gasteiger partial charge in [0.2, 0.25) is 0 Å². The summed E-state index contributed by atoms with van der Waals surface area (Å²) in [6.07, 6.45) is 2.18. The molecule has 0 saturated heterocycles. The minimum Gasteiger partial charge on any atom is -0.465 e. The predicted molar refractivity (Wildman–Crippen MR) is 108 cm³/mol. The lowest BCUT2D eigenvalue weighted by Gasteiger charge is -2.33. The maximum absolute atomic E-state index is 13.2. The monoisotopic (exact) mass is 380 g/mol. The Labute approximate surface area is 166 Å². The Morgan fingerprint density at radius 2 is 1.68 bits per heavy atom. The topological polar surface area (TPSA) is 52.6 Å². The number of ether oxygens (including phenoxy) is 2. The Hall–Kier alpha value is -2.62. The van der Waals surface area contributed by atoms with Gasteiger partial charge in [0.15, 0.2) is 0 Å². The molecule has 1 fully saturated rings. The standard InChI is InChI=1S/C24H28O4/c1-18(2)17-27-23(26)24(16-19-10-5-3-6-11-19)15-9-14-21(24)28-22(25)20-12-7-4-8-13-20/h3-8,10-13,18,21H,9,14-17H2,1-2H3. The maximum atomic E-state index is 13.2. The van der Waals surface area contributed by atoms with Gasteiger partial charge >= 0.3 is 11.9 Å². The molecule has 2 aromatic carbocycles. The first-order chi connectivity index (χ1) is 13.5. The van der Waals surface area contributed by atoms with Crippen molar-refractivity contribution in [3.63, 3.8) is 0 Å². The van der Waals surface area contributed by atoms with E-state index in [1.807, 2.05) is 50.2 Å². The van der Waals surface area contributed by atoms with Crippen LogP contribution < -0.4 is 0 Å². The van der Waals surface area contributed by atoms with Crippen LogP contribution in [-0.4, -0.2) is 24.6 Å².